The topological polar surface area (TPSA) is 66.6 Å². The van der Waals surface area contributed by atoms with Gasteiger partial charge in [-0.05, 0) is 24.3 Å². The van der Waals surface area contributed by atoms with Gasteiger partial charge in [-0.2, -0.15) is 11.8 Å². The van der Waals surface area contributed by atoms with Gasteiger partial charge < -0.3 is 10.6 Å². The molecule has 1 unspecified atom stereocenters. The van der Waals surface area contributed by atoms with Crippen molar-refractivity contribution >= 4 is 33.2 Å². The van der Waals surface area contributed by atoms with Crippen LogP contribution in [0, 0.1) is 0 Å². The summed E-state index contributed by atoms with van der Waals surface area (Å²) in [6.07, 6.45) is 1.10. The summed E-state index contributed by atoms with van der Waals surface area (Å²) in [6.45, 7) is 0. The van der Waals surface area contributed by atoms with Crippen molar-refractivity contribution in [3.63, 3.8) is 0 Å². The molecule has 0 saturated carbocycles. The van der Waals surface area contributed by atoms with Gasteiger partial charge in [0.2, 0.25) is 10.0 Å². The number of nitrogens with two attached hydrogens (primary N) is 1. The fraction of sp³-hybridized carbons (Fsp3) is 0.538. The van der Waals surface area contributed by atoms with E-state index in [0.29, 0.717) is 11.7 Å². The van der Waals surface area contributed by atoms with Gasteiger partial charge in [0.15, 0.2) is 0 Å². The summed E-state index contributed by atoms with van der Waals surface area (Å²) >= 11 is 1.92. The van der Waals surface area contributed by atoms with Gasteiger partial charge in [-0.25, -0.2) is 12.7 Å². The smallest absolute Gasteiger partial charge is 0.244 e. The molecule has 0 aromatic heterocycles. The van der Waals surface area contributed by atoms with E-state index in [1.807, 2.05) is 24.9 Å². The van der Waals surface area contributed by atoms with Gasteiger partial charge in [0.25, 0.3) is 0 Å². The number of nitrogen functional groups attached to an aromatic ring is 1. The fourth-order valence-corrected chi connectivity index (χ4v) is 4.58. The van der Waals surface area contributed by atoms with E-state index in [1.165, 1.54) is 18.4 Å². The normalized spacial score (nSPS) is 19.5. The van der Waals surface area contributed by atoms with Gasteiger partial charge in [-0.1, -0.05) is 6.07 Å². The third-order valence-electron chi connectivity index (χ3n) is 3.64. The quantitative estimate of drug-likeness (QED) is 0.852. The first-order valence-electron chi connectivity index (χ1n) is 6.47. The van der Waals surface area contributed by atoms with Crippen LogP contribution in [0.1, 0.15) is 6.42 Å². The van der Waals surface area contributed by atoms with Crippen molar-refractivity contribution in [1.29, 1.82) is 0 Å². The number of para-hydroxylation sites is 1. The van der Waals surface area contributed by atoms with E-state index in [1.54, 1.807) is 12.1 Å². The Labute approximate surface area is 125 Å². The molecule has 0 amide bonds. The number of thioether (sulfide) groups is 1. The van der Waals surface area contributed by atoms with Crippen molar-refractivity contribution in [2.24, 2.45) is 0 Å². The first-order valence-corrected chi connectivity index (χ1v) is 9.06. The summed E-state index contributed by atoms with van der Waals surface area (Å²) < 4.78 is 25.7. The van der Waals surface area contributed by atoms with Crippen LogP contribution in [0.4, 0.5) is 11.4 Å². The third-order valence-corrected chi connectivity index (χ3v) is 6.65. The molecule has 1 saturated heterocycles. The van der Waals surface area contributed by atoms with E-state index < -0.39 is 10.0 Å². The second kappa shape index (κ2) is 5.83. The summed E-state index contributed by atoms with van der Waals surface area (Å²) in [4.78, 5) is 2.28. The van der Waals surface area contributed by atoms with Crippen molar-refractivity contribution < 1.29 is 8.42 Å². The Bertz CT molecular complexity index is 581. The zero-order valence-electron chi connectivity index (χ0n) is 12.0. The summed E-state index contributed by atoms with van der Waals surface area (Å²) in [6, 6.07) is 5.61. The number of hydrogen-bond acceptors (Lipinski definition) is 5. The van der Waals surface area contributed by atoms with Gasteiger partial charge >= 0.3 is 0 Å². The molecule has 0 spiro atoms. The molecule has 1 heterocycles. The molecule has 0 aliphatic carbocycles. The van der Waals surface area contributed by atoms with Crippen LogP contribution in [-0.4, -0.2) is 51.4 Å². The van der Waals surface area contributed by atoms with E-state index in [9.17, 15) is 8.42 Å². The first kappa shape index (κ1) is 15.5. The number of sulfonamides is 1. The average molecular weight is 315 g/mol. The Morgan fingerprint density at radius 3 is 2.55 bits per heavy atom. The molecular formula is C13H21N3O2S2. The molecule has 1 aliphatic heterocycles. The molecular weight excluding hydrogens is 294 g/mol. The lowest BCUT2D eigenvalue weighted by Gasteiger charge is -2.28. The van der Waals surface area contributed by atoms with Crippen LogP contribution >= 0.6 is 11.8 Å². The van der Waals surface area contributed by atoms with E-state index in [-0.39, 0.29) is 4.90 Å². The Morgan fingerprint density at radius 2 is 2.00 bits per heavy atom. The second-order valence-corrected chi connectivity index (χ2v) is 8.37. The number of anilines is 2. The lowest BCUT2D eigenvalue weighted by Crippen LogP contribution is -2.32. The minimum atomic E-state index is -3.51. The molecule has 0 radical (unpaired) electrons. The molecule has 1 aromatic carbocycles. The predicted molar refractivity (Wildman–Crippen MR) is 85.9 cm³/mol. The summed E-state index contributed by atoms with van der Waals surface area (Å²) in [5.41, 5.74) is 7.25. The molecule has 1 aliphatic rings. The van der Waals surface area contributed by atoms with Crippen LogP contribution in [0.3, 0.4) is 0 Å². The van der Waals surface area contributed by atoms with Crippen LogP contribution in [-0.2, 0) is 10.0 Å². The molecule has 5 nitrogen and oxygen atoms in total. The lowest BCUT2D eigenvalue weighted by molar-refractivity contribution is 0.521. The number of hydrogen-bond donors (Lipinski definition) is 1. The molecule has 1 fully saturated rings. The van der Waals surface area contributed by atoms with Crippen LogP contribution in [0.25, 0.3) is 0 Å². The Morgan fingerprint density at radius 1 is 1.30 bits per heavy atom. The van der Waals surface area contributed by atoms with Gasteiger partial charge in [-0.15, -0.1) is 0 Å². The highest BCUT2D eigenvalue weighted by atomic mass is 32.2. The van der Waals surface area contributed by atoms with Crippen molar-refractivity contribution in [2.75, 3.05) is 43.3 Å². The van der Waals surface area contributed by atoms with Crippen LogP contribution in [0.5, 0.6) is 0 Å². The van der Waals surface area contributed by atoms with Gasteiger partial charge in [-0.3, -0.25) is 0 Å². The van der Waals surface area contributed by atoms with Gasteiger partial charge in [0.05, 0.1) is 11.4 Å². The minimum Gasteiger partial charge on any atom is -0.396 e. The average Bonchev–Trinajstić information content (AvgIpc) is 2.91. The van der Waals surface area contributed by atoms with E-state index in [2.05, 4.69) is 4.90 Å². The Hall–Kier alpha value is -0.920. The summed E-state index contributed by atoms with van der Waals surface area (Å²) in [5.74, 6) is 2.20. The molecule has 1 aromatic rings. The van der Waals surface area contributed by atoms with Crippen molar-refractivity contribution in [1.82, 2.24) is 4.31 Å². The van der Waals surface area contributed by atoms with Crippen molar-refractivity contribution in [2.45, 2.75) is 17.4 Å². The van der Waals surface area contributed by atoms with Crippen molar-refractivity contribution in [3.8, 4) is 0 Å². The largest absolute Gasteiger partial charge is 0.396 e. The molecule has 20 heavy (non-hydrogen) atoms. The monoisotopic (exact) mass is 315 g/mol. The summed E-state index contributed by atoms with van der Waals surface area (Å²) in [5, 5.41) is 0. The zero-order chi connectivity index (χ0) is 14.9. The SMILES string of the molecule is CN(c1cccc(S(=O)(=O)N(C)C)c1N)C1CCSC1. The highest BCUT2D eigenvalue weighted by Gasteiger charge is 2.26. The zero-order valence-corrected chi connectivity index (χ0v) is 13.7. The molecule has 2 rings (SSSR count). The van der Waals surface area contributed by atoms with Crippen LogP contribution in [0.15, 0.2) is 23.1 Å². The van der Waals surface area contributed by atoms with Gasteiger partial charge in [0.1, 0.15) is 4.90 Å². The first-order chi connectivity index (χ1) is 9.35. The Balaban J connectivity index is 2.42. The maximum Gasteiger partial charge on any atom is 0.244 e. The van der Waals surface area contributed by atoms with E-state index >= 15 is 0 Å². The van der Waals surface area contributed by atoms with Crippen molar-refractivity contribution in [3.05, 3.63) is 18.2 Å². The molecule has 2 N–H and O–H groups in total. The van der Waals surface area contributed by atoms with E-state index in [4.69, 9.17) is 5.73 Å². The summed E-state index contributed by atoms with van der Waals surface area (Å²) in [7, 11) is 1.50. The molecule has 7 heteroatoms. The van der Waals surface area contributed by atoms with E-state index in [0.717, 1.165) is 23.6 Å². The third kappa shape index (κ3) is 2.75. The van der Waals surface area contributed by atoms with Crippen LogP contribution in [0.2, 0.25) is 0 Å². The number of benzene rings is 1. The lowest BCUT2D eigenvalue weighted by atomic mass is 10.2. The maximum absolute atomic E-state index is 12.3. The second-order valence-electron chi connectivity index (χ2n) is 5.10. The highest BCUT2D eigenvalue weighted by Crippen LogP contribution is 2.33. The molecule has 0 bridgehead atoms. The Kier molecular flexibility index (Phi) is 4.51. The highest BCUT2D eigenvalue weighted by molar-refractivity contribution is 7.99. The standard InChI is InChI=1S/C13H21N3O2S2/c1-15(2)20(17,18)12-6-4-5-11(13(12)14)16(3)10-7-8-19-9-10/h4-6,10H,7-9,14H2,1-3H3. The molecule has 112 valence electrons. The van der Waals surface area contributed by atoms with Crippen LogP contribution < -0.4 is 10.6 Å². The number of rotatable bonds is 4. The predicted octanol–water partition coefficient (Wildman–Crippen LogP) is 1.46. The minimum absolute atomic E-state index is 0.178. The fourth-order valence-electron chi connectivity index (χ4n) is 2.29. The maximum atomic E-state index is 12.3. The van der Waals surface area contributed by atoms with Gasteiger partial charge in [0, 0.05) is 32.9 Å². The number of nitrogens with zero attached hydrogens (tertiary/aromatic N) is 2. The molecule has 1 atom stereocenters.